The molecule has 1 heterocycles. The van der Waals surface area contributed by atoms with Gasteiger partial charge in [-0.15, -0.1) is 0 Å². The molecule has 1 saturated heterocycles. The fourth-order valence-electron chi connectivity index (χ4n) is 1.25. The molecule has 4 nitrogen and oxygen atoms in total. The van der Waals surface area contributed by atoms with Crippen LogP contribution in [0.2, 0.25) is 0 Å². The molecule has 1 aliphatic heterocycles. The van der Waals surface area contributed by atoms with Gasteiger partial charge in [0, 0.05) is 20.5 Å². The van der Waals surface area contributed by atoms with Crippen molar-refractivity contribution in [2.45, 2.75) is 32.2 Å². The molecule has 2 atom stereocenters. The third kappa shape index (κ3) is 2.79. The molecular weight excluding hydrogens is 160 g/mol. The van der Waals surface area contributed by atoms with Crippen molar-refractivity contribution in [2.75, 3.05) is 13.7 Å². The second kappa shape index (κ2) is 4.42. The molecule has 70 valence electrons. The minimum atomic E-state index is -0.359. The minimum Gasteiger partial charge on any atom is -0.436 e. The van der Waals surface area contributed by atoms with Gasteiger partial charge in [0.25, 0.3) is 0 Å². The van der Waals surface area contributed by atoms with E-state index in [2.05, 4.69) is 0 Å². The van der Waals surface area contributed by atoms with Crippen molar-refractivity contribution in [1.82, 2.24) is 0 Å². The highest BCUT2D eigenvalue weighted by Crippen LogP contribution is 2.20. The first-order valence-electron chi connectivity index (χ1n) is 4.04. The SMILES string of the molecule is COC[C@@H]1CCC(OC(C)=O)O1. The predicted octanol–water partition coefficient (Wildman–Crippen LogP) is 0.701. The summed E-state index contributed by atoms with van der Waals surface area (Å²) in [5.74, 6) is -0.293. The van der Waals surface area contributed by atoms with Crippen molar-refractivity contribution in [1.29, 1.82) is 0 Å². The second-order valence-corrected chi connectivity index (χ2v) is 2.83. The van der Waals surface area contributed by atoms with Crippen molar-refractivity contribution in [2.24, 2.45) is 0 Å². The number of carbonyl (C=O) groups is 1. The lowest BCUT2D eigenvalue weighted by molar-refractivity contribution is -0.175. The molecular formula is C8H14O4. The van der Waals surface area contributed by atoms with E-state index in [-0.39, 0.29) is 18.4 Å². The van der Waals surface area contributed by atoms with Gasteiger partial charge in [0.2, 0.25) is 6.29 Å². The van der Waals surface area contributed by atoms with Crippen LogP contribution in [0.5, 0.6) is 0 Å². The van der Waals surface area contributed by atoms with Crippen LogP contribution < -0.4 is 0 Å². The summed E-state index contributed by atoms with van der Waals surface area (Å²) in [7, 11) is 1.63. The number of hydrogen-bond donors (Lipinski definition) is 0. The molecule has 0 radical (unpaired) electrons. The van der Waals surface area contributed by atoms with Gasteiger partial charge >= 0.3 is 5.97 Å². The van der Waals surface area contributed by atoms with Crippen molar-refractivity contribution < 1.29 is 19.0 Å². The standard InChI is InChI=1S/C8H14O4/c1-6(9)11-8-4-3-7(12-8)5-10-2/h7-8H,3-5H2,1-2H3/t7-,8?/m0/s1. The second-order valence-electron chi connectivity index (χ2n) is 2.83. The average Bonchev–Trinajstić information content (AvgIpc) is 2.36. The van der Waals surface area contributed by atoms with Crippen molar-refractivity contribution in [3.63, 3.8) is 0 Å². The minimum absolute atomic E-state index is 0.0827. The smallest absolute Gasteiger partial charge is 0.304 e. The summed E-state index contributed by atoms with van der Waals surface area (Å²) in [6, 6.07) is 0. The molecule has 1 unspecified atom stereocenters. The molecule has 12 heavy (non-hydrogen) atoms. The zero-order chi connectivity index (χ0) is 8.97. The summed E-state index contributed by atoms with van der Waals surface area (Å²) < 4.78 is 15.1. The zero-order valence-corrected chi connectivity index (χ0v) is 7.41. The van der Waals surface area contributed by atoms with Gasteiger partial charge in [-0.3, -0.25) is 4.79 Å². The highest BCUT2D eigenvalue weighted by molar-refractivity contribution is 5.66. The molecule has 0 aromatic heterocycles. The van der Waals surface area contributed by atoms with Gasteiger partial charge in [-0.25, -0.2) is 0 Å². The molecule has 1 rings (SSSR count). The first-order valence-corrected chi connectivity index (χ1v) is 4.04. The average molecular weight is 174 g/mol. The quantitative estimate of drug-likeness (QED) is 0.591. The van der Waals surface area contributed by atoms with Crippen molar-refractivity contribution >= 4 is 5.97 Å². The molecule has 0 aliphatic carbocycles. The Morgan fingerprint density at radius 1 is 1.58 bits per heavy atom. The molecule has 0 N–H and O–H groups in total. The molecule has 0 amide bonds. The van der Waals surface area contributed by atoms with Gasteiger partial charge in [-0.05, 0) is 6.42 Å². The van der Waals surface area contributed by atoms with E-state index in [0.29, 0.717) is 6.61 Å². The first-order chi connectivity index (χ1) is 5.72. The van der Waals surface area contributed by atoms with Gasteiger partial charge < -0.3 is 14.2 Å². The molecule has 0 bridgehead atoms. The van der Waals surface area contributed by atoms with Gasteiger partial charge in [-0.2, -0.15) is 0 Å². The Bertz CT molecular complexity index is 157. The van der Waals surface area contributed by atoms with Crippen molar-refractivity contribution in [3.05, 3.63) is 0 Å². The van der Waals surface area contributed by atoms with Crippen LogP contribution in [-0.2, 0) is 19.0 Å². The van der Waals surface area contributed by atoms with Crippen LogP contribution in [-0.4, -0.2) is 32.1 Å². The van der Waals surface area contributed by atoms with Gasteiger partial charge in [0.05, 0.1) is 12.7 Å². The maximum atomic E-state index is 10.5. The molecule has 1 fully saturated rings. The molecule has 4 heteroatoms. The summed E-state index contributed by atoms with van der Waals surface area (Å²) in [6.07, 6.45) is 1.39. The highest BCUT2D eigenvalue weighted by atomic mass is 16.7. The monoisotopic (exact) mass is 174 g/mol. The third-order valence-electron chi connectivity index (χ3n) is 1.72. The maximum absolute atomic E-state index is 10.5. The van der Waals surface area contributed by atoms with Gasteiger partial charge in [-0.1, -0.05) is 0 Å². The van der Waals surface area contributed by atoms with Crippen LogP contribution >= 0.6 is 0 Å². The number of esters is 1. The predicted molar refractivity (Wildman–Crippen MR) is 41.5 cm³/mol. The fourth-order valence-corrected chi connectivity index (χ4v) is 1.25. The van der Waals surface area contributed by atoms with Crippen LogP contribution in [0.1, 0.15) is 19.8 Å². The van der Waals surface area contributed by atoms with E-state index in [1.807, 2.05) is 0 Å². The number of hydrogen-bond acceptors (Lipinski definition) is 4. The molecule has 0 spiro atoms. The van der Waals surface area contributed by atoms with Crippen LogP contribution in [0, 0.1) is 0 Å². The van der Waals surface area contributed by atoms with E-state index in [1.165, 1.54) is 6.92 Å². The summed E-state index contributed by atoms with van der Waals surface area (Å²) in [5, 5.41) is 0. The number of rotatable bonds is 3. The summed E-state index contributed by atoms with van der Waals surface area (Å²) in [4.78, 5) is 10.5. The van der Waals surface area contributed by atoms with E-state index < -0.39 is 0 Å². The van der Waals surface area contributed by atoms with Gasteiger partial charge in [0.15, 0.2) is 0 Å². The lowest BCUT2D eigenvalue weighted by Crippen LogP contribution is -2.19. The Morgan fingerprint density at radius 3 is 2.92 bits per heavy atom. The highest BCUT2D eigenvalue weighted by Gasteiger charge is 2.26. The topological polar surface area (TPSA) is 44.8 Å². The fraction of sp³-hybridized carbons (Fsp3) is 0.875. The lowest BCUT2D eigenvalue weighted by atomic mass is 10.2. The Morgan fingerprint density at radius 2 is 2.33 bits per heavy atom. The Labute approximate surface area is 71.8 Å². The Balaban J connectivity index is 2.21. The van der Waals surface area contributed by atoms with E-state index >= 15 is 0 Å². The zero-order valence-electron chi connectivity index (χ0n) is 7.41. The van der Waals surface area contributed by atoms with E-state index in [9.17, 15) is 4.79 Å². The number of carbonyl (C=O) groups excluding carboxylic acids is 1. The number of ether oxygens (including phenoxy) is 3. The van der Waals surface area contributed by atoms with Crippen LogP contribution in [0.15, 0.2) is 0 Å². The Kier molecular flexibility index (Phi) is 3.49. The Hall–Kier alpha value is -0.610. The molecule has 0 aromatic rings. The summed E-state index contributed by atoms with van der Waals surface area (Å²) in [5.41, 5.74) is 0. The largest absolute Gasteiger partial charge is 0.436 e. The van der Waals surface area contributed by atoms with Crippen molar-refractivity contribution in [3.8, 4) is 0 Å². The normalized spacial score (nSPS) is 28.8. The van der Waals surface area contributed by atoms with E-state index in [0.717, 1.165) is 12.8 Å². The lowest BCUT2D eigenvalue weighted by Gasteiger charge is -2.12. The first kappa shape index (κ1) is 9.48. The number of methoxy groups -OCH3 is 1. The van der Waals surface area contributed by atoms with Gasteiger partial charge in [0.1, 0.15) is 0 Å². The van der Waals surface area contributed by atoms with Crippen LogP contribution in [0.3, 0.4) is 0 Å². The third-order valence-corrected chi connectivity index (χ3v) is 1.72. The van der Waals surface area contributed by atoms with Crippen LogP contribution in [0.25, 0.3) is 0 Å². The maximum Gasteiger partial charge on any atom is 0.304 e. The van der Waals surface area contributed by atoms with Crippen LogP contribution in [0.4, 0.5) is 0 Å². The van der Waals surface area contributed by atoms with E-state index in [4.69, 9.17) is 14.2 Å². The molecule has 0 aromatic carbocycles. The van der Waals surface area contributed by atoms with E-state index in [1.54, 1.807) is 7.11 Å². The summed E-state index contributed by atoms with van der Waals surface area (Å²) >= 11 is 0. The summed E-state index contributed by atoms with van der Waals surface area (Å²) in [6.45, 7) is 1.95. The molecule has 0 saturated carbocycles. The molecule has 1 aliphatic rings.